The number of hydrogen-bond acceptors (Lipinski definition) is 8. The fourth-order valence-electron chi connectivity index (χ4n) is 3.07. The number of ether oxygens (including phenoxy) is 2. The van der Waals surface area contributed by atoms with Gasteiger partial charge in [-0.1, -0.05) is 0 Å². The van der Waals surface area contributed by atoms with Gasteiger partial charge in [0.05, 0.1) is 25.3 Å². The zero-order chi connectivity index (χ0) is 23.4. The summed E-state index contributed by atoms with van der Waals surface area (Å²) in [4.78, 5) is 51.1. The highest BCUT2D eigenvalue weighted by molar-refractivity contribution is 6.20. The van der Waals surface area contributed by atoms with Crippen LogP contribution in [0, 0.1) is 0 Å². The quantitative estimate of drug-likeness (QED) is 0.447. The monoisotopic (exact) mass is 434 g/mol. The SMILES string of the molecule is COC(=O)c1cc(C(=O)c2ccc(O)cc2)c(C(=O)OC)cc1C(=O)c1ccc(O)cc1. The summed E-state index contributed by atoms with van der Waals surface area (Å²) in [7, 11) is 2.24. The van der Waals surface area contributed by atoms with Gasteiger partial charge in [0.25, 0.3) is 0 Å². The van der Waals surface area contributed by atoms with E-state index in [1.54, 1.807) is 0 Å². The number of hydrogen-bond donors (Lipinski definition) is 2. The molecule has 2 N–H and O–H groups in total. The molecule has 0 spiro atoms. The Bertz CT molecular complexity index is 1110. The lowest BCUT2D eigenvalue weighted by molar-refractivity contribution is 0.0583. The standard InChI is InChI=1S/C24H18O8/c1-31-23(29)19-11-18(22(28)14-5-9-16(26)10-6-14)20(24(30)32-2)12-17(19)21(27)13-3-7-15(25)8-4-13/h3-12,25-26H,1-2H3. The first-order valence-corrected chi connectivity index (χ1v) is 9.29. The summed E-state index contributed by atoms with van der Waals surface area (Å²) in [5.74, 6) is -3.13. The number of phenols is 2. The van der Waals surface area contributed by atoms with Crippen LogP contribution in [0.25, 0.3) is 0 Å². The molecule has 0 radical (unpaired) electrons. The summed E-state index contributed by atoms with van der Waals surface area (Å²) < 4.78 is 9.55. The number of esters is 2. The highest BCUT2D eigenvalue weighted by Crippen LogP contribution is 2.25. The predicted molar refractivity (Wildman–Crippen MR) is 112 cm³/mol. The van der Waals surface area contributed by atoms with Crippen LogP contribution in [0.2, 0.25) is 0 Å². The molecule has 0 aromatic heterocycles. The lowest BCUT2D eigenvalue weighted by atomic mass is 9.90. The van der Waals surface area contributed by atoms with Crippen molar-refractivity contribution in [3.8, 4) is 11.5 Å². The third-order valence-electron chi connectivity index (χ3n) is 4.72. The molecule has 8 heteroatoms. The second-order valence-electron chi connectivity index (χ2n) is 6.68. The molecule has 162 valence electrons. The number of rotatable bonds is 6. The zero-order valence-corrected chi connectivity index (χ0v) is 17.1. The molecule has 8 nitrogen and oxygen atoms in total. The first kappa shape index (κ1) is 22.2. The van der Waals surface area contributed by atoms with Crippen molar-refractivity contribution < 1.29 is 38.9 Å². The Morgan fingerprint density at radius 2 is 0.875 bits per heavy atom. The topological polar surface area (TPSA) is 127 Å². The van der Waals surface area contributed by atoms with Gasteiger partial charge in [0.1, 0.15) is 11.5 Å². The van der Waals surface area contributed by atoms with Crippen LogP contribution in [0.1, 0.15) is 52.6 Å². The van der Waals surface area contributed by atoms with Crippen LogP contribution in [0.15, 0.2) is 60.7 Å². The van der Waals surface area contributed by atoms with Crippen molar-refractivity contribution >= 4 is 23.5 Å². The summed E-state index contributed by atoms with van der Waals surface area (Å²) in [6.45, 7) is 0. The average molecular weight is 434 g/mol. The van der Waals surface area contributed by atoms with Crippen molar-refractivity contribution in [1.29, 1.82) is 0 Å². The van der Waals surface area contributed by atoms with Gasteiger partial charge in [0, 0.05) is 22.3 Å². The number of aromatic hydroxyl groups is 2. The normalized spacial score (nSPS) is 10.3. The maximum absolute atomic E-state index is 13.1. The lowest BCUT2D eigenvalue weighted by Gasteiger charge is -2.14. The molecule has 0 saturated carbocycles. The van der Waals surface area contributed by atoms with Crippen LogP contribution in [-0.4, -0.2) is 47.9 Å². The van der Waals surface area contributed by atoms with Gasteiger partial charge in [-0.2, -0.15) is 0 Å². The van der Waals surface area contributed by atoms with Crippen molar-refractivity contribution in [3.63, 3.8) is 0 Å². The largest absolute Gasteiger partial charge is 0.508 e. The molecule has 0 amide bonds. The van der Waals surface area contributed by atoms with E-state index in [0.29, 0.717) is 0 Å². The van der Waals surface area contributed by atoms with Crippen LogP contribution in [0.5, 0.6) is 11.5 Å². The van der Waals surface area contributed by atoms with E-state index in [1.165, 1.54) is 48.5 Å². The molecule has 0 heterocycles. The van der Waals surface area contributed by atoms with Gasteiger partial charge in [-0.25, -0.2) is 9.59 Å². The summed E-state index contributed by atoms with van der Waals surface area (Å²) in [5, 5.41) is 18.9. The van der Waals surface area contributed by atoms with E-state index in [1.807, 2.05) is 0 Å². The van der Waals surface area contributed by atoms with E-state index in [-0.39, 0.29) is 44.9 Å². The third kappa shape index (κ3) is 4.34. The molecule has 0 aliphatic heterocycles. The Morgan fingerprint density at radius 3 is 1.16 bits per heavy atom. The van der Waals surface area contributed by atoms with Crippen molar-refractivity contribution in [1.82, 2.24) is 0 Å². The van der Waals surface area contributed by atoms with Gasteiger partial charge >= 0.3 is 11.9 Å². The Hall–Kier alpha value is -4.46. The number of phenolic OH excluding ortho intramolecular Hbond substituents is 2. The van der Waals surface area contributed by atoms with E-state index in [9.17, 15) is 29.4 Å². The Balaban J connectivity index is 2.24. The van der Waals surface area contributed by atoms with Crippen LogP contribution in [0.3, 0.4) is 0 Å². The smallest absolute Gasteiger partial charge is 0.338 e. The number of benzene rings is 3. The minimum Gasteiger partial charge on any atom is -0.508 e. The molecule has 3 aromatic rings. The van der Waals surface area contributed by atoms with Crippen molar-refractivity contribution in [3.05, 3.63) is 94.0 Å². The Kier molecular flexibility index (Phi) is 6.34. The molecule has 0 saturated heterocycles. The molecule has 3 aromatic carbocycles. The molecular formula is C24H18O8. The van der Waals surface area contributed by atoms with E-state index in [2.05, 4.69) is 0 Å². The molecule has 0 unspecified atom stereocenters. The van der Waals surface area contributed by atoms with E-state index >= 15 is 0 Å². The van der Waals surface area contributed by atoms with E-state index in [0.717, 1.165) is 26.4 Å². The number of ketones is 2. The molecule has 0 aliphatic carbocycles. The number of methoxy groups -OCH3 is 2. The van der Waals surface area contributed by atoms with Gasteiger partial charge in [0.15, 0.2) is 11.6 Å². The highest BCUT2D eigenvalue weighted by Gasteiger charge is 2.27. The van der Waals surface area contributed by atoms with Crippen molar-refractivity contribution in [2.45, 2.75) is 0 Å². The molecule has 0 atom stereocenters. The fraction of sp³-hybridized carbons (Fsp3) is 0.0833. The maximum atomic E-state index is 13.1. The van der Waals surface area contributed by atoms with Gasteiger partial charge in [-0.05, 0) is 60.7 Å². The molecular weight excluding hydrogens is 416 g/mol. The molecule has 3 rings (SSSR count). The van der Waals surface area contributed by atoms with Crippen LogP contribution < -0.4 is 0 Å². The zero-order valence-electron chi connectivity index (χ0n) is 17.1. The van der Waals surface area contributed by atoms with Gasteiger partial charge < -0.3 is 19.7 Å². The summed E-state index contributed by atoms with van der Waals surface area (Å²) in [6.07, 6.45) is 0. The molecule has 0 fully saturated rings. The van der Waals surface area contributed by atoms with Gasteiger partial charge in [-0.15, -0.1) is 0 Å². The summed E-state index contributed by atoms with van der Waals surface area (Å²) >= 11 is 0. The van der Waals surface area contributed by atoms with Crippen LogP contribution in [-0.2, 0) is 9.47 Å². The summed E-state index contributed by atoms with van der Waals surface area (Å²) in [5.41, 5.74) is -0.515. The van der Waals surface area contributed by atoms with Gasteiger partial charge in [0.2, 0.25) is 0 Å². The second kappa shape index (κ2) is 9.13. The van der Waals surface area contributed by atoms with Crippen molar-refractivity contribution in [2.75, 3.05) is 14.2 Å². The average Bonchev–Trinajstić information content (AvgIpc) is 2.82. The number of carbonyl (C=O) groups is 4. The Labute approximate surface area is 182 Å². The first-order valence-electron chi connectivity index (χ1n) is 9.29. The second-order valence-corrected chi connectivity index (χ2v) is 6.68. The van der Waals surface area contributed by atoms with Gasteiger partial charge in [-0.3, -0.25) is 9.59 Å². The fourth-order valence-corrected chi connectivity index (χ4v) is 3.07. The molecule has 0 aliphatic rings. The summed E-state index contributed by atoms with van der Waals surface area (Å²) in [6, 6.07) is 12.8. The van der Waals surface area contributed by atoms with E-state index in [4.69, 9.17) is 9.47 Å². The van der Waals surface area contributed by atoms with Crippen LogP contribution >= 0.6 is 0 Å². The minimum atomic E-state index is -0.886. The van der Waals surface area contributed by atoms with Crippen molar-refractivity contribution in [2.24, 2.45) is 0 Å². The lowest BCUT2D eigenvalue weighted by Crippen LogP contribution is -2.18. The minimum absolute atomic E-state index is 0.0557. The predicted octanol–water partition coefficient (Wildman–Crippen LogP) is 3.13. The number of carbonyl (C=O) groups excluding carboxylic acids is 4. The van der Waals surface area contributed by atoms with Crippen LogP contribution in [0.4, 0.5) is 0 Å². The third-order valence-corrected chi connectivity index (χ3v) is 4.72. The highest BCUT2D eigenvalue weighted by atomic mass is 16.5. The molecule has 0 bridgehead atoms. The Morgan fingerprint density at radius 1 is 0.562 bits per heavy atom. The maximum Gasteiger partial charge on any atom is 0.338 e. The first-order chi connectivity index (χ1) is 15.3. The molecule has 32 heavy (non-hydrogen) atoms. The van der Waals surface area contributed by atoms with E-state index < -0.39 is 23.5 Å².